The van der Waals surface area contributed by atoms with Gasteiger partial charge in [0, 0.05) is 37.4 Å². The molecular weight excluding hydrogens is 222 g/mol. The highest BCUT2D eigenvalue weighted by atomic mass is 15.2. The maximum atomic E-state index is 4.59. The summed E-state index contributed by atoms with van der Waals surface area (Å²) < 4.78 is 0. The van der Waals surface area contributed by atoms with Gasteiger partial charge in [-0.2, -0.15) is 0 Å². The van der Waals surface area contributed by atoms with Gasteiger partial charge >= 0.3 is 0 Å². The Morgan fingerprint density at radius 1 is 1.39 bits per heavy atom. The van der Waals surface area contributed by atoms with Crippen LogP contribution in [0.4, 0.5) is 5.82 Å². The molecule has 1 saturated heterocycles. The van der Waals surface area contributed by atoms with Crippen molar-refractivity contribution in [2.24, 2.45) is 5.92 Å². The summed E-state index contributed by atoms with van der Waals surface area (Å²) in [7, 11) is 0. The quantitative estimate of drug-likeness (QED) is 0.887. The summed E-state index contributed by atoms with van der Waals surface area (Å²) in [4.78, 5) is 7.03. The molecule has 1 fully saturated rings. The van der Waals surface area contributed by atoms with Gasteiger partial charge < -0.3 is 10.2 Å². The van der Waals surface area contributed by atoms with E-state index in [-0.39, 0.29) is 0 Å². The van der Waals surface area contributed by atoms with Crippen LogP contribution in [0.1, 0.15) is 39.2 Å². The second-order valence-corrected chi connectivity index (χ2v) is 5.69. The van der Waals surface area contributed by atoms with E-state index in [9.17, 15) is 0 Å². The van der Waals surface area contributed by atoms with Crippen LogP contribution in [-0.2, 0) is 6.54 Å². The highest BCUT2D eigenvalue weighted by molar-refractivity contribution is 5.47. The van der Waals surface area contributed by atoms with Crippen molar-refractivity contribution in [3.8, 4) is 0 Å². The molecule has 2 rings (SSSR count). The van der Waals surface area contributed by atoms with Gasteiger partial charge in [0.25, 0.3) is 0 Å². The molecule has 1 aliphatic rings. The van der Waals surface area contributed by atoms with Gasteiger partial charge in [0.05, 0.1) is 0 Å². The molecule has 0 atom stereocenters. The molecular formula is C15H25N3. The molecule has 100 valence electrons. The van der Waals surface area contributed by atoms with Crippen LogP contribution in [0, 0.1) is 5.92 Å². The zero-order valence-electron chi connectivity index (χ0n) is 11.8. The van der Waals surface area contributed by atoms with Crippen LogP contribution in [0.5, 0.6) is 0 Å². The van der Waals surface area contributed by atoms with E-state index in [1.807, 2.05) is 12.3 Å². The Labute approximate surface area is 111 Å². The van der Waals surface area contributed by atoms with Crippen molar-refractivity contribution in [2.45, 2.75) is 46.2 Å². The van der Waals surface area contributed by atoms with E-state index in [0.717, 1.165) is 25.6 Å². The summed E-state index contributed by atoms with van der Waals surface area (Å²) in [6.45, 7) is 9.90. The van der Waals surface area contributed by atoms with Crippen LogP contribution >= 0.6 is 0 Å². The Bertz CT molecular complexity index is 368. The molecule has 0 radical (unpaired) electrons. The first kappa shape index (κ1) is 13.3. The van der Waals surface area contributed by atoms with Crippen molar-refractivity contribution in [3.63, 3.8) is 0 Å². The van der Waals surface area contributed by atoms with Crippen molar-refractivity contribution in [3.05, 3.63) is 23.9 Å². The van der Waals surface area contributed by atoms with Crippen LogP contribution in [0.25, 0.3) is 0 Å². The fourth-order valence-electron chi connectivity index (χ4n) is 2.39. The molecule has 3 nitrogen and oxygen atoms in total. The first-order valence-electron chi connectivity index (χ1n) is 7.09. The first-order chi connectivity index (χ1) is 8.66. The van der Waals surface area contributed by atoms with Crippen molar-refractivity contribution < 1.29 is 0 Å². The standard InChI is InChI=1S/C15H25N3/c1-12(2)17-11-14-5-4-8-16-15(14)18-9-6-13(3)7-10-18/h4-5,8,12-13,17H,6-7,9-11H2,1-3H3. The Morgan fingerprint density at radius 3 is 2.78 bits per heavy atom. The minimum atomic E-state index is 0.513. The van der Waals surface area contributed by atoms with Gasteiger partial charge in [-0.15, -0.1) is 0 Å². The second kappa shape index (κ2) is 6.19. The largest absolute Gasteiger partial charge is 0.356 e. The van der Waals surface area contributed by atoms with E-state index < -0.39 is 0 Å². The molecule has 0 unspecified atom stereocenters. The van der Waals surface area contributed by atoms with Crippen molar-refractivity contribution in [1.82, 2.24) is 10.3 Å². The lowest BCUT2D eigenvalue weighted by atomic mass is 9.99. The van der Waals surface area contributed by atoms with E-state index in [1.54, 1.807) is 0 Å². The maximum Gasteiger partial charge on any atom is 0.133 e. The van der Waals surface area contributed by atoms with Gasteiger partial charge in [-0.25, -0.2) is 4.98 Å². The molecule has 0 aliphatic carbocycles. The number of anilines is 1. The molecule has 1 aromatic rings. The van der Waals surface area contributed by atoms with Crippen molar-refractivity contribution in [1.29, 1.82) is 0 Å². The fourth-order valence-corrected chi connectivity index (χ4v) is 2.39. The number of aromatic nitrogens is 1. The van der Waals surface area contributed by atoms with Crippen molar-refractivity contribution in [2.75, 3.05) is 18.0 Å². The molecule has 1 aromatic heterocycles. The predicted molar refractivity (Wildman–Crippen MR) is 76.8 cm³/mol. The molecule has 0 amide bonds. The number of nitrogens with zero attached hydrogens (tertiary/aromatic N) is 2. The van der Waals surface area contributed by atoms with E-state index >= 15 is 0 Å². The van der Waals surface area contributed by atoms with Gasteiger partial charge in [-0.05, 0) is 24.8 Å². The Hall–Kier alpha value is -1.09. The third-order valence-corrected chi connectivity index (χ3v) is 3.65. The lowest BCUT2D eigenvalue weighted by molar-refractivity contribution is 0.435. The topological polar surface area (TPSA) is 28.2 Å². The van der Waals surface area contributed by atoms with Gasteiger partial charge in [-0.3, -0.25) is 0 Å². The third-order valence-electron chi connectivity index (χ3n) is 3.65. The summed E-state index contributed by atoms with van der Waals surface area (Å²) in [6.07, 6.45) is 4.48. The Kier molecular flexibility index (Phi) is 4.59. The number of nitrogens with one attached hydrogen (secondary N) is 1. The average Bonchev–Trinajstić information content (AvgIpc) is 2.38. The van der Waals surface area contributed by atoms with Crippen LogP contribution < -0.4 is 10.2 Å². The monoisotopic (exact) mass is 247 g/mol. The predicted octanol–water partition coefficient (Wildman–Crippen LogP) is 2.82. The molecule has 0 aromatic carbocycles. The summed E-state index contributed by atoms with van der Waals surface area (Å²) in [5.41, 5.74) is 1.32. The van der Waals surface area contributed by atoms with E-state index in [2.05, 4.69) is 42.0 Å². The summed E-state index contributed by atoms with van der Waals surface area (Å²) >= 11 is 0. The third kappa shape index (κ3) is 3.45. The maximum absolute atomic E-state index is 4.59. The van der Waals surface area contributed by atoms with E-state index in [0.29, 0.717) is 6.04 Å². The Balaban J connectivity index is 2.07. The summed E-state index contributed by atoms with van der Waals surface area (Å²) in [6, 6.07) is 4.74. The van der Waals surface area contributed by atoms with Crippen LogP contribution in [0.2, 0.25) is 0 Å². The average molecular weight is 247 g/mol. The Morgan fingerprint density at radius 2 is 2.11 bits per heavy atom. The number of hydrogen-bond donors (Lipinski definition) is 1. The van der Waals surface area contributed by atoms with Gasteiger partial charge in [0.2, 0.25) is 0 Å². The zero-order chi connectivity index (χ0) is 13.0. The normalized spacial score (nSPS) is 17.4. The molecule has 18 heavy (non-hydrogen) atoms. The fraction of sp³-hybridized carbons (Fsp3) is 0.667. The second-order valence-electron chi connectivity index (χ2n) is 5.69. The molecule has 2 heterocycles. The van der Waals surface area contributed by atoms with Crippen LogP contribution in [0.15, 0.2) is 18.3 Å². The first-order valence-corrected chi connectivity index (χ1v) is 7.09. The number of pyridine rings is 1. The molecule has 3 heteroatoms. The highest BCUT2D eigenvalue weighted by Crippen LogP contribution is 2.24. The number of hydrogen-bond acceptors (Lipinski definition) is 3. The van der Waals surface area contributed by atoms with Crippen molar-refractivity contribution >= 4 is 5.82 Å². The smallest absolute Gasteiger partial charge is 0.133 e. The zero-order valence-corrected chi connectivity index (χ0v) is 11.8. The number of piperidine rings is 1. The highest BCUT2D eigenvalue weighted by Gasteiger charge is 2.18. The minimum absolute atomic E-state index is 0.513. The molecule has 0 bridgehead atoms. The SMILES string of the molecule is CC1CCN(c2ncccc2CNC(C)C)CC1. The lowest BCUT2D eigenvalue weighted by Gasteiger charge is -2.32. The van der Waals surface area contributed by atoms with Gasteiger partial charge in [0.1, 0.15) is 5.82 Å². The van der Waals surface area contributed by atoms with E-state index in [1.165, 1.54) is 24.2 Å². The van der Waals surface area contributed by atoms with Gasteiger partial charge in [-0.1, -0.05) is 26.8 Å². The number of rotatable bonds is 4. The molecule has 0 saturated carbocycles. The summed E-state index contributed by atoms with van der Waals surface area (Å²) in [5, 5.41) is 3.48. The van der Waals surface area contributed by atoms with E-state index in [4.69, 9.17) is 0 Å². The minimum Gasteiger partial charge on any atom is -0.356 e. The van der Waals surface area contributed by atoms with Crippen LogP contribution in [0.3, 0.4) is 0 Å². The van der Waals surface area contributed by atoms with Gasteiger partial charge in [0.15, 0.2) is 0 Å². The molecule has 1 aliphatic heterocycles. The molecule has 1 N–H and O–H groups in total. The lowest BCUT2D eigenvalue weighted by Crippen LogP contribution is -2.34. The van der Waals surface area contributed by atoms with Crippen LogP contribution in [-0.4, -0.2) is 24.1 Å². The summed E-state index contributed by atoms with van der Waals surface area (Å²) in [5.74, 6) is 2.04. The molecule has 0 spiro atoms.